The van der Waals surface area contributed by atoms with Gasteiger partial charge in [0, 0.05) is 11.6 Å². The lowest BCUT2D eigenvalue weighted by atomic mass is 9.70. The zero-order chi connectivity index (χ0) is 13.1. The van der Waals surface area contributed by atoms with Gasteiger partial charge in [-0.1, -0.05) is 33.6 Å². The summed E-state index contributed by atoms with van der Waals surface area (Å²) in [5.74, 6) is 1.64. The molecule has 0 radical (unpaired) electrons. The number of rotatable bonds is 5. The van der Waals surface area contributed by atoms with E-state index >= 15 is 0 Å². The van der Waals surface area contributed by atoms with Gasteiger partial charge in [0.25, 0.3) is 0 Å². The van der Waals surface area contributed by atoms with Gasteiger partial charge < -0.3 is 10.6 Å². The molecule has 1 aliphatic rings. The summed E-state index contributed by atoms with van der Waals surface area (Å²) in [6.07, 6.45) is 7.72. The maximum absolute atomic E-state index is 6.65. The highest BCUT2D eigenvalue weighted by atomic mass is 15.2. The van der Waals surface area contributed by atoms with Crippen molar-refractivity contribution >= 4 is 0 Å². The Balaban J connectivity index is 2.74. The Morgan fingerprint density at radius 1 is 1.12 bits per heavy atom. The van der Waals surface area contributed by atoms with Crippen molar-refractivity contribution in [2.45, 2.75) is 70.9 Å². The number of hydrogen-bond acceptors (Lipinski definition) is 2. The molecule has 1 fully saturated rings. The first kappa shape index (κ1) is 15.0. The molecule has 1 aliphatic carbocycles. The summed E-state index contributed by atoms with van der Waals surface area (Å²) >= 11 is 0. The van der Waals surface area contributed by atoms with Crippen LogP contribution in [0, 0.1) is 11.8 Å². The molecule has 0 aromatic rings. The second kappa shape index (κ2) is 6.19. The first-order valence-electron chi connectivity index (χ1n) is 7.41. The summed E-state index contributed by atoms with van der Waals surface area (Å²) in [5, 5.41) is 0. The summed E-state index contributed by atoms with van der Waals surface area (Å²) < 4.78 is 0. The summed E-state index contributed by atoms with van der Waals surface area (Å²) in [5.41, 5.74) is 6.85. The third-order valence-electron chi connectivity index (χ3n) is 5.30. The van der Waals surface area contributed by atoms with Crippen LogP contribution in [0.3, 0.4) is 0 Å². The lowest BCUT2D eigenvalue weighted by Crippen LogP contribution is -2.60. The predicted molar refractivity (Wildman–Crippen MR) is 76.1 cm³/mol. The fraction of sp³-hybridized carbons (Fsp3) is 1.00. The van der Waals surface area contributed by atoms with E-state index in [4.69, 9.17) is 5.73 Å². The van der Waals surface area contributed by atoms with Gasteiger partial charge in [0.05, 0.1) is 0 Å². The van der Waals surface area contributed by atoms with E-state index in [9.17, 15) is 0 Å². The molecule has 0 bridgehead atoms. The van der Waals surface area contributed by atoms with Crippen molar-refractivity contribution in [3.63, 3.8) is 0 Å². The minimum atomic E-state index is 0.200. The number of nitrogens with zero attached hydrogens (tertiary/aromatic N) is 1. The van der Waals surface area contributed by atoms with Crippen molar-refractivity contribution in [1.82, 2.24) is 4.90 Å². The lowest BCUT2D eigenvalue weighted by molar-refractivity contribution is 0.0634. The molecule has 0 amide bonds. The summed E-state index contributed by atoms with van der Waals surface area (Å²) in [7, 11) is 4.39. The fourth-order valence-electron chi connectivity index (χ4n) is 3.74. The van der Waals surface area contributed by atoms with Gasteiger partial charge in [-0.05, 0) is 51.6 Å². The van der Waals surface area contributed by atoms with Gasteiger partial charge in [0.1, 0.15) is 0 Å². The van der Waals surface area contributed by atoms with E-state index in [1.54, 1.807) is 0 Å². The molecule has 0 spiro atoms. The molecule has 2 N–H and O–H groups in total. The van der Waals surface area contributed by atoms with Crippen molar-refractivity contribution in [1.29, 1.82) is 0 Å². The van der Waals surface area contributed by atoms with Crippen LogP contribution >= 0.6 is 0 Å². The average molecular weight is 240 g/mol. The van der Waals surface area contributed by atoms with E-state index in [-0.39, 0.29) is 5.54 Å². The lowest BCUT2D eigenvalue weighted by Gasteiger charge is -2.47. The third kappa shape index (κ3) is 3.03. The highest BCUT2D eigenvalue weighted by molar-refractivity contribution is 4.99. The van der Waals surface area contributed by atoms with Crippen LogP contribution < -0.4 is 5.73 Å². The van der Waals surface area contributed by atoms with Gasteiger partial charge in [-0.25, -0.2) is 0 Å². The summed E-state index contributed by atoms with van der Waals surface area (Å²) in [6, 6.07) is 0.333. The standard InChI is InChI=1S/C15H32N2/c1-6-15(7-2,17(4)5)14(16)13-10-8-12(3)9-11-13/h12-14H,6-11,16H2,1-5H3. The van der Waals surface area contributed by atoms with Crippen LogP contribution in [0.5, 0.6) is 0 Å². The molecule has 1 rings (SSSR count). The Kier molecular flexibility index (Phi) is 5.46. The number of likely N-dealkylation sites (N-methyl/N-ethyl adjacent to an activating group) is 1. The van der Waals surface area contributed by atoms with Gasteiger partial charge in [0.15, 0.2) is 0 Å². The highest BCUT2D eigenvalue weighted by Crippen LogP contribution is 2.37. The van der Waals surface area contributed by atoms with E-state index in [1.165, 1.54) is 25.7 Å². The zero-order valence-corrected chi connectivity index (χ0v) is 12.5. The molecule has 0 saturated heterocycles. The minimum Gasteiger partial charge on any atom is -0.326 e. The third-order valence-corrected chi connectivity index (χ3v) is 5.30. The second-order valence-corrected chi connectivity index (χ2v) is 6.25. The molecule has 1 saturated carbocycles. The monoisotopic (exact) mass is 240 g/mol. The Bertz CT molecular complexity index is 213. The molecule has 2 heteroatoms. The average Bonchev–Trinajstić information content (AvgIpc) is 2.31. The van der Waals surface area contributed by atoms with E-state index in [0.717, 1.165) is 24.7 Å². The topological polar surface area (TPSA) is 29.3 Å². The molecule has 1 atom stereocenters. The normalized spacial score (nSPS) is 28.4. The van der Waals surface area contributed by atoms with Gasteiger partial charge >= 0.3 is 0 Å². The summed E-state index contributed by atoms with van der Waals surface area (Å²) in [6.45, 7) is 6.95. The first-order valence-corrected chi connectivity index (χ1v) is 7.41. The van der Waals surface area contributed by atoms with Crippen molar-refractivity contribution in [3.8, 4) is 0 Å². The highest BCUT2D eigenvalue weighted by Gasteiger charge is 2.40. The molecule has 102 valence electrons. The Morgan fingerprint density at radius 2 is 1.59 bits per heavy atom. The largest absolute Gasteiger partial charge is 0.326 e. The maximum Gasteiger partial charge on any atom is 0.0351 e. The second-order valence-electron chi connectivity index (χ2n) is 6.25. The zero-order valence-electron chi connectivity index (χ0n) is 12.5. The molecular formula is C15H32N2. The van der Waals surface area contributed by atoms with Gasteiger partial charge in [0.2, 0.25) is 0 Å². The number of nitrogens with two attached hydrogens (primary N) is 1. The van der Waals surface area contributed by atoms with Crippen LogP contribution in [0.15, 0.2) is 0 Å². The molecule has 0 aliphatic heterocycles. The molecule has 2 nitrogen and oxygen atoms in total. The van der Waals surface area contributed by atoms with E-state index in [2.05, 4.69) is 39.8 Å². The summed E-state index contributed by atoms with van der Waals surface area (Å²) in [4.78, 5) is 2.37. The van der Waals surface area contributed by atoms with Crippen molar-refractivity contribution in [3.05, 3.63) is 0 Å². The minimum absolute atomic E-state index is 0.200. The molecule has 0 aromatic heterocycles. The predicted octanol–water partition coefficient (Wildman–Crippen LogP) is 3.26. The van der Waals surface area contributed by atoms with Crippen molar-refractivity contribution < 1.29 is 0 Å². The van der Waals surface area contributed by atoms with Crippen LogP contribution in [0.25, 0.3) is 0 Å². The van der Waals surface area contributed by atoms with Crippen LogP contribution in [0.2, 0.25) is 0 Å². The van der Waals surface area contributed by atoms with Gasteiger partial charge in [-0.15, -0.1) is 0 Å². The fourth-order valence-corrected chi connectivity index (χ4v) is 3.74. The van der Waals surface area contributed by atoms with E-state index in [0.29, 0.717) is 6.04 Å². The van der Waals surface area contributed by atoms with E-state index in [1.807, 2.05) is 0 Å². The van der Waals surface area contributed by atoms with Crippen molar-refractivity contribution in [2.75, 3.05) is 14.1 Å². The van der Waals surface area contributed by atoms with E-state index < -0.39 is 0 Å². The Hall–Kier alpha value is -0.0800. The van der Waals surface area contributed by atoms with Crippen LogP contribution in [-0.2, 0) is 0 Å². The smallest absolute Gasteiger partial charge is 0.0351 e. The maximum atomic E-state index is 6.65. The van der Waals surface area contributed by atoms with Crippen LogP contribution in [-0.4, -0.2) is 30.6 Å². The van der Waals surface area contributed by atoms with Crippen LogP contribution in [0.1, 0.15) is 59.3 Å². The molecule has 1 unspecified atom stereocenters. The molecule has 17 heavy (non-hydrogen) atoms. The first-order chi connectivity index (χ1) is 7.97. The van der Waals surface area contributed by atoms with Gasteiger partial charge in [-0.3, -0.25) is 0 Å². The van der Waals surface area contributed by atoms with Crippen LogP contribution in [0.4, 0.5) is 0 Å². The Labute approximate surface area is 108 Å². The Morgan fingerprint density at radius 3 is 1.94 bits per heavy atom. The van der Waals surface area contributed by atoms with Crippen molar-refractivity contribution in [2.24, 2.45) is 17.6 Å². The van der Waals surface area contributed by atoms with Gasteiger partial charge in [-0.2, -0.15) is 0 Å². The molecule has 0 heterocycles. The molecular weight excluding hydrogens is 208 g/mol. The molecule has 0 aromatic carbocycles. The number of hydrogen-bond donors (Lipinski definition) is 1. The quantitative estimate of drug-likeness (QED) is 0.799. The SMILES string of the molecule is CCC(CC)(C(N)C1CCC(C)CC1)N(C)C.